The highest BCUT2D eigenvalue weighted by Crippen LogP contribution is 2.28. The zero-order chi connectivity index (χ0) is 13.2. The van der Waals surface area contributed by atoms with Crippen LogP contribution in [0.5, 0.6) is 5.75 Å². The van der Waals surface area contributed by atoms with E-state index in [1.165, 1.54) is 12.1 Å². The molecule has 2 N–H and O–H groups in total. The number of thiophene rings is 1. The van der Waals surface area contributed by atoms with E-state index in [1.54, 1.807) is 23.5 Å². The molecule has 0 amide bonds. The molecule has 1 aromatic heterocycles. The van der Waals surface area contributed by atoms with E-state index in [0.29, 0.717) is 12.4 Å². The van der Waals surface area contributed by atoms with E-state index in [1.807, 2.05) is 18.2 Å². The summed E-state index contributed by atoms with van der Waals surface area (Å²) in [6, 6.07) is 11.9. The second kappa shape index (κ2) is 4.90. The Morgan fingerprint density at radius 1 is 1.11 bits per heavy atom. The summed E-state index contributed by atoms with van der Waals surface area (Å²) in [6.07, 6.45) is 0. The molecule has 2 aromatic carbocycles. The van der Waals surface area contributed by atoms with Crippen molar-refractivity contribution in [3.63, 3.8) is 0 Å². The maximum atomic E-state index is 12.8. The Hall–Kier alpha value is -2.07. The predicted octanol–water partition coefficient (Wildman–Crippen LogP) is 4.20. The average Bonchev–Trinajstić information content (AvgIpc) is 2.80. The van der Waals surface area contributed by atoms with Crippen LogP contribution >= 0.6 is 11.3 Å². The monoisotopic (exact) mass is 273 g/mol. The zero-order valence-electron chi connectivity index (χ0n) is 10.1. The summed E-state index contributed by atoms with van der Waals surface area (Å²) < 4.78 is 19.6. The van der Waals surface area contributed by atoms with E-state index >= 15 is 0 Å². The first kappa shape index (κ1) is 12.0. The fourth-order valence-corrected chi connectivity index (χ4v) is 2.90. The van der Waals surface area contributed by atoms with Crippen molar-refractivity contribution in [2.45, 2.75) is 6.61 Å². The number of ether oxygens (including phenoxy) is 1. The van der Waals surface area contributed by atoms with Gasteiger partial charge < -0.3 is 10.5 Å². The Bertz CT molecular complexity index is 706. The van der Waals surface area contributed by atoms with Crippen LogP contribution in [-0.2, 0) is 6.61 Å². The third kappa shape index (κ3) is 2.53. The number of rotatable bonds is 3. The second-order valence-corrected chi connectivity index (χ2v) is 5.17. The van der Waals surface area contributed by atoms with Gasteiger partial charge in [-0.05, 0) is 47.2 Å². The molecule has 2 nitrogen and oxygen atoms in total. The summed E-state index contributed by atoms with van der Waals surface area (Å²) in [5.41, 5.74) is 7.63. The van der Waals surface area contributed by atoms with E-state index in [9.17, 15) is 4.39 Å². The second-order valence-electron chi connectivity index (χ2n) is 4.26. The number of benzene rings is 2. The number of anilines is 1. The van der Waals surface area contributed by atoms with Crippen molar-refractivity contribution in [3.05, 3.63) is 59.2 Å². The summed E-state index contributed by atoms with van der Waals surface area (Å²) in [4.78, 5) is 0. The van der Waals surface area contributed by atoms with Crippen molar-refractivity contribution in [2.24, 2.45) is 0 Å². The molecule has 0 fully saturated rings. The van der Waals surface area contributed by atoms with E-state index < -0.39 is 0 Å². The highest BCUT2D eigenvalue weighted by molar-refractivity contribution is 7.17. The Morgan fingerprint density at radius 2 is 1.89 bits per heavy atom. The van der Waals surface area contributed by atoms with Crippen molar-refractivity contribution < 1.29 is 9.13 Å². The van der Waals surface area contributed by atoms with Gasteiger partial charge in [-0.2, -0.15) is 0 Å². The maximum absolute atomic E-state index is 12.8. The summed E-state index contributed by atoms with van der Waals surface area (Å²) in [5.74, 6) is 0.403. The molecule has 0 aliphatic heterocycles. The minimum Gasteiger partial charge on any atom is -0.489 e. The summed E-state index contributed by atoms with van der Waals surface area (Å²) in [7, 11) is 0. The van der Waals surface area contributed by atoms with E-state index in [-0.39, 0.29) is 5.82 Å². The Labute approximate surface area is 114 Å². The summed E-state index contributed by atoms with van der Waals surface area (Å²) in [5, 5.41) is 3.22. The molecule has 96 valence electrons. The van der Waals surface area contributed by atoms with Crippen LogP contribution in [0.1, 0.15) is 5.56 Å². The fourth-order valence-electron chi connectivity index (χ4n) is 1.90. The zero-order valence-corrected chi connectivity index (χ0v) is 10.9. The van der Waals surface area contributed by atoms with Crippen molar-refractivity contribution in [3.8, 4) is 5.75 Å². The third-order valence-electron chi connectivity index (χ3n) is 2.89. The van der Waals surface area contributed by atoms with Crippen LogP contribution in [-0.4, -0.2) is 0 Å². The van der Waals surface area contributed by atoms with Gasteiger partial charge in [0.2, 0.25) is 0 Å². The first-order valence-corrected chi connectivity index (χ1v) is 6.74. The van der Waals surface area contributed by atoms with E-state index in [2.05, 4.69) is 5.38 Å². The fraction of sp³-hybridized carbons (Fsp3) is 0.0667. The molecule has 0 saturated carbocycles. The molecule has 0 bridgehead atoms. The number of hydrogen-bond donors (Lipinski definition) is 1. The SMILES string of the molecule is Nc1ccc2c(COc3ccc(F)cc3)csc2c1. The van der Waals surface area contributed by atoms with Gasteiger partial charge in [-0.1, -0.05) is 6.07 Å². The molecule has 0 atom stereocenters. The van der Waals surface area contributed by atoms with Crippen molar-refractivity contribution >= 4 is 27.1 Å². The molecule has 3 rings (SSSR count). The highest BCUT2D eigenvalue weighted by Gasteiger charge is 2.05. The van der Waals surface area contributed by atoms with Crippen LogP contribution in [0.2, 0.25) is 0 Å². The molecule has 4 heteroatoms. The highest BCUT2D eigenvalue weighted by atomic mass is 32.1. The number of fused-ring (bicyclic) bond motifs is 1. The van der Waals surface area contributed by atoms with Gasteiger partial charge >= 0.3 is 0 Å². The lowest BCUT2D eigenvalue weighted by atomic mass is 10.2. The van der Waals surface area contributed by atoms with Crippen LogP contribution in [0.25, 0.3) is 10.1 Å². The van der Waals surface area contributed by atoms with Gasteiger partial charge in [0.25, 0.3) is 0 Å². The van der Waals surface area contributed by atoms with Gasteiger partial charge in [-0.3, -0.25) is 0 Å². The largest absolute Gasteiger partial charge is 0.489 e. The van der Waals surface area contributed by atoms with Crippen molar-refractivity contribution in [2.75, 3.05) is 5.73 Å². The molecule has 19 heavy (non-hydrogen) atoms. The summed E-state index contributed by atoms with van der Waals surface area (Å²) in [6.45, 7) is 0.468. The maximum Gasteiger partial charge on any atom is 0.123 e. The average molecular weight is 273 g/mol. The summed E-state index contributed by atoms with van der Waals surface area (Å²) >= 11 is 1.65. The molecule has 0 aliphatic rings. The van der Waals surface area contributed by atoms with Gasteiger partial charge in [0.15, 0.2) is 0 Å². The van der Waals surface area contributed by atoms with Crippen LogP contribution < -0.4 is 10.5 Å². The van der Waals surface area contributed by atoms with Crippen LogP contribution in [0.3, 0.4) is 0 Å². The van der Waals surface area contributed by atoms with Gasteiger partial charge in [-0.15, -0.1) is 11.3 Å². The Balaban J connectivity index is 1.80. The standard InChI is InChI=1S/C15H12FNOS/c16-11-1-4-13(5-2-11)18-8-10-9-19-15-7-12(17)3-6-14(10)15/h1-7,9H,8,17H2. The smallest absolute Gasteiger partial charge is 0.123 e. The molecular weight excluding hydrogens is 261 g/mol. The van der Waals surface area contributed by atoms with E-state index in [4.69, 9.17) is 10.5 Å². The first-order chi connectivity index (χ1) is 9.22. The molecule has 3 aromatic rings. The van der Waals surface area contributed by atoms with E-state index in [0.717, 1.165) is 21.3 Å². The molecule has 1 heterocycles. The Morgan fingerprint density at radius 3 is 2.68 bits per heavy atom. The van der Waals surface area contributed by atoms with Crippen LogP contribution in [0.15, 0.2) is 47.8 Å². The van der Waals surface area contributed by atoms with Gasteiger partial charge in [0.1, 0.15) is 18.2 Å². The van der Waals surface area contributed by atoms with Crippen molar-refractivity contribution in [1.82, 2.24) is 0 Å². The topological polar surface area (TPSA) is 35.2 Å². The molecule has 0 spiro atoms. The van der Waals surface area contributed by atoms with Gasteiger partial charge in [0, 0.05) is 16.0 Å². The number of hydrogen-bond acceptors (Lipinski definition) is 3. The van der Waals surface area contributed by atoms with Crippen molar-refractivity contribution in [1.29, 1.82) is 0 Å². The molecule has 0 aliphatic carbocycles. The molecule has 0 unspecified atom stereocenters. The normalized spacial score (nSPS) is 10.8. The molecule has 0 radical (unpaired) electrons. The quantitative estimate of drug-likeness (QED) is 0.726. The van der Waals surface area contributed by atoms with Gasteiger partial charge in [0.05, 0.1) is 0 Å². The third-order valence-corrected chi connectivity index (χ3v) is 3.88. The Kier molecular flexibility index (Phi) is 3.09. The molecular formula is C15H12FNOS. The number of nitrogen functional groups attached to an aromatic ring is 1. The minimum absolute atomic E-state index is 0.260. The number of nitrogens with two attached hydrogens (primary N) is 1. The first-order valence-electron chi connectivity index (χ1n) is 5.86. The lowest BCUT2D eigenvalue weighted by Gasteiger charge is -2.05. The minimum atomic E-state index is -0.260. The van der Waals surface area contributed by atoms with Gasteiger partial charge in [-0.25, -0.2) is 4.39 Å². The van der Waals surface area contributed by atoms with Crippen LogP contribution in [0.4, 0.5) is 10.1 Å². The lowest BCUT2D eigenvalue weighted by molar-refractivity contribution is 0.307. The number of halogens is 1. The predicted molar refractivity (Wildman–Crippen MR) is 77.0 cm³/mol. The molecule has 0 saturated heterocycles. The van der Waals surface area contributed by atoms with Crippen LogP contribution in [0, 0.1) is 5.82 Å². The lowest BCUT2D eigenvalue weighted by Crippen LogP contribution is -1.94.